The lowest BCUT2D eigenvalue weighted by Gasteiger charge is -2.23. The standard InChI is InChI=1S/C14H18FNO2/c15-7-12-6-14-13(17-9-18-14)5-11(12)4-10-2-1-3-16-8-10/h5-6,10,16H,1-4,7-9H2. The van der Waals surface area contributed by atoms with Gasteiger partial charge >= 0.3 is 0 Å². The molecule has 1 atom stereocenters. The first kappa shape index (κ1) is 11.8. The highest BCUT2D eigenvalue weighted by Crippen LogP contribution is 2.36. The van der Waals surface area contributed by atoms with Crippen LogP contribution in [-0.4, -0.2) is 19.9 Å². The summed E-state index contributed by atoms with van der Waals surface area (Å²) >= 11 is 0. The Bertz CT molecular complexity index is 430. The molecule has 1 fully saturated rings. The molecule has 3 nitrogen and oxygen atoms in total. The average Bonchev–Trinajstić information content (AvgIpc) is 2.86. The molecule has 0 amide bonds. The molecule has 1 saturated heterocycles. The average molecular weight is 251 g/mol. The van der Waals surface area contributed by atoms with Gasteiger partial charge in [0.2, 0.25) is 6.79 Å². The van der Waals surface area contributed by atoms with E-state index in [0.717, 1.165) is 36.4 Å². The molecular formula is C14H18FNO2. The molecule has 0 radical (unpaired) electrons. The molecule has 2 aliphatic heterocycles. The van der Waals surface area contributed by atoms with Crippen molar-refractivity contribution in [2.24, 2.45) is 5.92 Å². The van der Waals surface area contributed by atoms with Crippen LogP contribution in [0.2, 0.25) is 0 Å². The molecule has 1 N–H and O–H groups in total. The second-order valence-corrected chi connectivity index (χ2v) is 5.02. The third-order valence-corrected chi connectivity index (χ3v) is 3.75. The lowest BCUT2D eigenvalue weighted by atomic mass is 9.90. The van der Waals surface area contributed by atoms with Crippen LogP contribution in [0.15, 0.2) is 12.1 Å². The van der Waals surface area contributed by atoms with Crippen LogP contribution in [0.5, 0.6) is 11.5 Å². The number of alkyl halides is 1. The van der Waals surface area contributed by atoms with Crippen LogP contribution in [0.4, 0.5) is 4.39 Å². The van der Waals surface area contributed by atoms with E-state index >= 15 is 0 Å². The highest BCUT2D eigenvalue weighted by atomic mass is 19.1. The van der Waals surface area contributed by atoms with Gasteiger partial charge < -0.3 is 14.8 Å². The fraction of sp³-hybridized carbons (Fsp3) is 0.571. The first-order valence-corrected chi connectivity index (χ1v) is 6.55. The number of ether oxygens (including phenoxy) is 2. The summed E-state index contributed by atoms with van der Waals surface area (Å²) in [5.41, 5.74) is 1.81. The third kappa shape index (κ3) is 2.29. The van der Waals surface area contributed by atoms with Gasteiger partial charge in [-0.15, -0.1) is 0 Å². The second kappa shape index (κ2) is 5.14. The largest absolute Gasteiger partial charge is 0.454 e. The van der Waals surface area contributed by atoms with Crippen LogP contribution in [0, 0.1) is 5.92 Å². The van der Waals surface area contributed by atoms with Crippen LogP contribution in [0.25, 0.3) is 0 Å². The molecule has 3 rings (SSSR count). The van der Waals surface area contributed by atoms with E-state index in [0.29, 0.717) is 11.7 Å². The Morgan fingerprint density at radius 1 is 1.22 bits per heavy atom. The molecule has 98 valence electrons. The van der Waals surface area contributed by atoms with Crippen LogP contribution < -0.4 is 14.8 Å². The smallest absolute Gasteiger partial charge is 0.231 e. The van der Waals surface area contributed by atoms with Gasteiger partial charge in [0.1, 0.15) is 6.67 Å². The fourth-order valence-electron chi connectivity index (χ4n) is 2.75. The Morgan fingerprint density at radius 3 is 2.67 bits per heavy atom. The number of nitrogens with one attached hydrogen (secondary N) is 1. The number of rotatable bonds is 3. The van der Waals surface area contributed by atoms with Gasteiger partial charge in [0.15, 0.2) is 11.5 Å². The molecule has 18 heavy (non-hydrogen) atoms. The normalized spacial score (nSPS) is 22.2. The van der Waals surface area contributed by atoms with E-state index in [4.69, 9.17) is 9.47 Å². The summed E-state index contributed by atoms with van der Waals surface area (Å²) in [4.78, 5) is 0. The van der Waals surface area contributed by atoms with Gasteiger partial charge in [-0.25, -0.2) is 4.39 Å². The highest BCUT2D eigenvalue weighted by Gasteiger charge is 2.20. The van der Waals surface area contributed by atoms with Crippen LogP contribution in [-0.2, 0) is 13.1 Å². The highest BCUT2D eigenvalue weighted by molar-refractivity contribution is 5.48. The summed E-state index contributed by atoms with van der Waals surface area (Å²) in [6.45, 7) is 1.94. The number of piperidine rings is 1. The van der Waals surface area contributed by atoms with Gasteiger partial charge in [-0.1, -0.05) is 0 Å². The van der Waals surface area contributed by atoms with Crippen molar-refractivity contribution in [1.29, 1.82) is 0 Å². The minimum atomic E-state index is -0.438. The van der Waals surface area contributed by atoms with Gasteiger partial charge in [-0.05, 0) is 61.5 Å². The van der Waals surface area contributed by atoms with E-state index in [1.54, 1.807) is 6.07 Å². The minimum absolute atomic E-state index is 0.246. The van der Waals surface area contributed by atoms with Gasteiger partial charge in [-0.2, -0.15) is 0 Å². The number of hydrogen-bond donors (Lipinski definition) is 1. The first-order valence-electron chi connectivity index (χ1n) is 6.55. The van der Waals surface area contributed by atoms with E-state index in [1.807, 2.05) is 6.07 Å². The molecule has 2 aliphatic rings. The van der Waals surface area contributed by atoms with Crippen molar-refractivity contribution in [3.05, 3.63) is 23.3 Å². The SMILES string of the molecule is FCc1cc2c(cc1CC1CCCNC1)OCO2. The minimum Gasteiger partial charge on any atom is -0.454 e. The van der Waals surface area contributed by atoms with Crippen molar-refractivity contribution in [3.63, 3.8) is 0 Å². The Kier molecular flexibility index (Phi) is 3.37. The second-order valence-electron chi connectivity index (χ2n) is 5.02. The van der Waals surface area contributed by atoms with Crippen LogP contribution >= 0.6 is 0 Å². The molecule has 0 aromatic heterocycles. The van der Waals surface area contributed by atoms with Crippen LogP contribution in [0.1, 0.15) is 24.0 Å². The molecule has 0 aliphatic carbocycles. The van der Waals surface area contributed by atoms with Crippen LogP contribution in [0.3, 0.4) is 0 Å². The van der Waals surface area contributed by atoms with E-state index in [9.17, 15) is 4.39 Å². The molecular weight excluding hydrogens is 233 g/mol. The van der Waals surface area contributed by atoms with Gasteiger partial charge in [-0.3, -0.25) is 0 Å². The van der Waals surface area contributed by atoms with Crippen molar-refractivity contribution in [3.8, 4) is 11.5 Å². The Morgan fingerprint density at radius 2 is 2.00 bits per heavy atom. The van der Waals surface area contributed by atoms with E-state index in [-0.39, 0.29) is 6.79 Å². The Hall–Kier alpha value is -1.29. The van der Waals surface area contributed by atoms with E-state index in [1.165, 1.54) is 12.8 Å². The maximum absolute atomic E-state index is 13.1. The van der Waals surface area contributed by atoms with Crippen molar-refractivity contribution < 1.29 is 13.9 Å². The summed E-state index contributed by atoms with van der Waals surface area (Å²) in [5.74, 6) is 2.03. The van der Waals surface area contributed by atoms with Crippen molar-refractivity contribution in [2.45, 2.75) is 25.9 Å². The quantitative estimate of drug-likeness (QED) is 0.895. The van der Waals surface area contributed by atoms with E-state index < -0.39 is 6.67 Å². The molecule has 0 bridgehead atoms. The van der Waals surface area contributed by atoms with Crippen molar-refractivity contribution in [1.82, 2.24) is 5.32 Å². The maximum Gasteiger partial charge on any atom is 0.231 e. The lowest BCUT2D eigenvalue weighted by molar-refractivity contribution is 0.174. The molecule has 1 unspecified atom stereocenters. The lowest BCUT2D eigenvalue weighted by Crippen LogP contribution is -2.31. The summed E-state index contributed by atoms with van der Waals surface area (Å²) in [5, 5.41) is 3.40. The summed E-state index contributed by atoms with van der Waals surface area (Å²) in [6, 6.07) is 3.74. The topological polar surface area (TPSA) is 30.5 Å². The number of hydrogen-bond acceptors (Lipinski definition) is 3. The zero-order chi connectivity index (χ0) is 12.4. The predicted octanol–water partition coefficient (Wildman–Crippen LogP) is 2.43. The molecule has 2 heterocycles. The maximum atomic E-state index is 13.1. The monoisotopic (exact) mass is 251 g/mol. The van der Waals surface area contributed by atoms with Gasteiger partial charge in [0.05, 0.1) is 0 Å². The Balaban J connectivity index is 1.81. The fourth-order valence-corrected chi connectivity index (χ4v) is 2.75. The van der Waals surface area contributed by atoms with Crippen molar-refractivity contribution >= 4 is 0 Å². The molecule has 1 aromatic carbocycles. The number of benzene rings is 1. The predicted molar refractivity (Wildman–Crippen MR) is 66.7 cm³/mol. The summed E-state index contributed by atoms with van der Waals surface area (Å²) in [6.07, 6.45) is 3.34. The third-order valence-electron chi connectivity index (χ3n) is 3.75. The zero-order valence-corrected chi connectivity index (χ0v) is 10.4. The van der Waals surface area contributed by atoms with Gasteiger partial charge in [0.25, 0.3) is 0 Å². The summed E-state index contributed by atoms with van der Waals surface area (Å²) < 4.78 is 23.7. The molecule has 0 saturated carbocycles. The number of fused-ring (bicyclic) bond motifs is 1. The summed E-state index contributed by atoms with van der Waals surface area (Å²) in [7, 11) is 0. The molecule has 1 aromatic rings. The Labute approximate surface area is 106 Å². The van der Waals surface area contributed by atoms with Crippen molar-refractivity contribution in [2.75, 3.05) is 19.9 Å². The first-order chi connectivity index (χ1) is 8.86. The molecule has 0 spiro atoms. The van der Waals surface area contributed by atoms with Gasteiger partial charge in [0, 0.05) is 0 Å². The zero-order valence-electron chi connectivity index (χ0n) is 10.4. The number of halogens is 1. The van der Waals surface area contributed by atoms with E-state index in [2.05, 4.69) is 5.32 Å². The molecule has 4 heteroatoms.